The van der Waals surface area contributed by atoms with Gasteiger partial charge in [-0.15, -0.1) is 0 Å². The molecule has 0 radical (unpaired) electrons. The van der Waals surface area contributed by atoms with Crippen molar-refractivity contribution in [2.45, 2.75) is 37.9 Å². The van der Waals surface area contributed by atoms with E-state index in [0.29, 0.717) is 18.0 Å². The van der Waals surface area contributed by atoms with Gasteiger partial charge in [-0.2, -0.15) is 0 Å². The number of rotatable bonds is 14. The number of allylic oxidation sites excluding steroid dienone is 2. The Morgan fingerprint density at radius 3 is 2.10 bits per heavy atom. The number of unbranched alkanes of at least 4 members (excludes halogenated alkanes) is 1. The number of carbonyl (C=O) groups is 1. The van der Waals surface area contributed by atoms with Gasteiger partial charge >= 0.3 is 0 Å². The van der Waals surface area contributed by atoms with Crippen LogP contribution >= 0.6 is 0 Å². The topological polar surface area (TPSA) is 80.3 Å². The van der Waals surface area contributed by atoms with Crippen molar-refractivity contribution in [2.75, 3.05) is 40.4 Å². The van der Waals surface area contributed by atoms with Gasteiger partial charge in [0, 0.05) is 25.7 Å². The van der Waals surface area contributed by atoms with Crippen LogP contribution in [0.1, 0.15) is 48.5 Å². The number of hydrogen-bond donors (Lipinski definition) is 2. The minimum Gasteiger partial charge on any atom is -0.502 e. The van der Waals surface area contributed by atoms with Gasteiger partial charge in [-0.1, -0.05) is 78.9 Å². The van der Waals surface area contributed by atoms with Crippen molar-refractivity contribution in [3.8, 4) is 17.2 Å². The molecule has 0 aromatic heterocycles. The summed E-state index contributed by atoms with van der Waals surface area (Å²) in [4.78, 5) is 14.7. The number of nitrogens with zero attached hydrogens (tertiary/aromatic N) is 1. The van der Waals surface area contributed by atoms with E-state index in [0.717, 1.165) is 50.9 Å². The van der Waals surface area contributed by atoms with E-state index in [1.807, 2.05) is 18.2 Å². The monoisotopic (exact) mass is 570 g/mol. The molecule has 3 aromatic carbocycles. The smallest absolute Gasteiger partial charge is 0.243 e. The molecule has 0 atom stereocenters. The third kappa shape index (κ3) is 9.23. The average molecular weight is 571 g/mol. The Labute approximate surface area is 249 Å². The van der Waals surface area contributed by atoms with Gasteiger partial charge in [0.05, 0.1) is 20.3 Å². The van der Waals surface area contributed by atoms with E-state index in [1.54, 1.807) is 24.3 Å². The summed E-state index contributed by atoms with van der Waals surface area (Å²) < 4.78 is 17.0. The molecule has 42 heavy (non-hydrogen) atoms. The predicted octanol–water partition coefficient (Wildman–Crippen LogP) is 6.15. The molecule has 0 aliphatic carbocycles. The first-order valence-electron chi connectivity index (χ1n) is 14.6. The van der Waals surface area contributed by atoms with Gasteiger partial charge in [-0.25, -0.2) is 0 Å². The van der Waals surface area contributed by atoms with E-state index in [9.17, 15) is 9.90 Å². The maximum absolute atomic E-state index is 12.2. The normalized spacial score (nSPS) is 14.5. The Balaban J connectivity index is 1.12. The highest BCUT2D eigenvalue weighted by molar-refractivity contribution is 5.87. The fourth-order valence-electron chi connectivity index (χ4n) is 5.12. The number of phenolic OH excluding ortho intramolecular Hbond substituents is 1. The highest BCUT2D eigenvalue weighted by Gasteiger charge is 2.24. The number of benzene rings is 3. The number of amides is 1. The Bertz CT molecular complexity index is 1240. The lowest BCUT2D eigenvalue weighted by atomic mass is 10.00. The van der Waals surface area contributed by atoms with E-state index in [1.165, 1.54) is 31.4 Å². The van der Waals surface area contributed by atoms with Gasteiger partial charge in [-0.3, -0.25) is 4.79 Å². The zero-order valence-corrected chi connectivity index (χ0v) is 24.6. The molecule has 1 saturated heterocycles. The number of nitrogens with one attached hydrogen (secondary N) is 1. The molecule has 0 spiro atoms. The molecule has 1 amide bonds. The van der Waals surface area contributed by atoms with Crippen LogP contribution in [0.25, 0.3) is 6.08 Å². The van der Waals surface area contributed by atoms with Gasteiger partial charge < -0.3 is 29.5 Å². The standard InChI is InChI=1S/C35H42N2O5/c1-40-31-25-27(26-32(41-2)34(31)39)13-9-10-18-33(38)36-21-11-12-22-37-23-19-30(20-24-37)42-35(28-14-5-3-6-15-28)29-16-7-4-8-17-29/h3-10,13-18,25-26,30,35,39H,11-12,19-24H2,1-2H3,(H,36,38)/b13-9+,18-10+. The maximum atomic E-state index is 12.2. The van der Waals surface area contributed by atoms with Crippen LogP contribution < -0.4 is 14.8 Å². The van der Waals surface area contributed by atoms with Crippen molar-refractivity contribution in [3.05, 3.63) is 108 Å². The highest BCUT2D eigenvalue weighted by Crippen LogP contribution is 2.37. The number of phenols is 1. The Morgan fingerprint density at radius 1 is 0.929 bits per heavy atom. The lowest BCUT2D eigenvalue weighted by molar-refractivity contribution is -0.116. The molecule has 0 bridgehead atoms. The number of hydrogen-bond acceptors (Lipinski definition) is 6. The van der Waals surface area contributed by atoms with Crippen LogP contribution in [0.15, 0.2) is 91.0 Å². The van der Waals surface area contributed by atoms with Crippen LogP contribution in [0.3, 0.4) is 0 Å². The van der Waals surface area contributed by atoms with Crippen LogP contribution in [-0.2, 0) is 9.53 Å². The van der Waals surface area contributed by atoms with Crippen molar-refractivity contribution in [1.82, 2.24) is 10.2 Å². The minimum absolute atomic E-state index is 0.0404. The summed E-state index contributed by atoms with van der Waals surface area (Å²) in [6, 6.07) is 24.3. The second kappa shape index (κ2) is 16.4. The Morgan fingerprint density at radius 2 is 1.52 bits per heavy atom. The van der Waals surface area contributed by atoms with Gasteiger partial charge in [0.15, 0.2) is 11.5 Å². The van der Waals surface area contributed by atoms with E-state index in [-0.39, 0.29) is 23.9 Å². The van der Waals surface area contributed by atoms with Crippen molar-refractivity contribution < 1.29 is 24.1 Å². The zero-order chi connectivity index (χ0) is 29.6. The maximum Gasteiger partial charge on any atom is 0.243 e. The average Bonchev–Trinajstić information content (AvgIpc) is 3.03. The molecule has 4 rings (SSSR count). The lowest BCUT2D eigenvalue weighted by Crippen LogP contribution is -2.38. The number of methoxy groups -OCH3 is 2. The summed E-state index contributed by atoms with van der Waals surface area (Å²) in [7, 11) is 2.97. The number of aromatic hydroxyl groups is 1. The summed E-state index contributed by atoms with van der Waals surface area (Å²) in [6.45, 7) is 3.73. The molecule has 1 heterocycles. The van der Waals surface area contributed by atoms with E-state index < -0.39 is 0 Å². The van der Waals surface area contributed by atoms with E-state index in [4.69, 9.17) is 14.2 Å². The molecule has 7 nitrogen and oxygen atoms in total. The largest absolute Gasteiger partial charge is 0.502 e. The molecule has 1 aliphatic rings. The summed E-state index contributed by atoms with van der Waals surface area (Å²) in [6.07, 6.45) is 11.0. The molecule has 3 aromatic rings. The molecular weight excluding hydrogens is 528 g/mol. The van der Waals surface area contributed by atoms with E-state index >= 15 is 0 Å². The molecule has 222 valence electrons. The van der Waals surface area contributed by atoms with Gasteiger partial charge in [0.25, 0.3) is 0 Å². The minimum atomic E-state index is -0.120. The number of likely N-dealkylation sites (tertiary alicyclic amines) is 1. The summed E-state index contributed by atoms with van der Waals surface area (Å²) in [5.74, 6) is 0.493. The second-order valence-electron chi connectivity index (χ2n) is 10.4. The fraction of sp³-hybridized carbons (Fsp3) is 0.343. The van der Waals surface area contributed by atoms with Crippen LogP contribution in [0, 0.1) is 0 Å². The Kier molecular flexibility index (Phi) is 12.1. The molecule has 1 aliphatic heterocycles. The molecule has 0 saturated carbocycles. The van der Waals surface area contributed by atoms with E-state index in [2.05, 4.69) is 58.7 Å². The molecular formula is C35H42N2O5. The SMILES string of the molecule is COc1cc(/C=C/C=C/C(=O)NCCCCN2CCC(OC(c3ccccc3)c3ccccc3)CC2)cc(OC)c1O. The quantitative estimate of drug-likeness (QED) is 0.138. The number of piperidine rings is 1. The first-order chi connectivity index (χ1) is 20.6. The third-order valence-corrected chi connectivity index (χ3v) is 7.42. The lowest BCUT2D eigenvalue weighted by Gasteiger charge is -2.34. The highest BCUT2D eigenvalue weighted by atomic mass is 16.5. The van der Waals surface area contributed by atoms with Crippen LogP contribution in [0.4, 0.5) is 0 Å². The molecule has 2 N–H and O–H groups in total. The number of ether oxygens (including phenoxy) is 3. The zero-order valence-electron chi connectivity index (χ0n) is 24.6. The third-order valence-electron chi connectivity index (χ3n) is 7.42. The van der Waals surface area contributed by atoms with Crippen molar-refractivity contribution in [2.24, 2.45) is 0 Å². The van der Waals surface area contributed by atoms with Crippen molar-refractivity contribution in [3.63, 3.8) is 0 Å². The van der Waals surface area contributed by atoms with Crippen molar-refractivity contribution >= 4 is 12.0 Å². The van der Waals surface area contributed by atoms with Crippen LogP contribution in [-0.4, -0.2) is 62.4 Å². The molecule has 7 heteroatoms. The molecule has 0 unspecified atom stereocenters. The fourth-order valence-corrected chi connectivity index (χ4v) is 5.12. The summed E-state index contributed by atoms with van der Waals surface area (Å²) >= 11 is 0. The number of carbonyl (C=O) groups excluding carboxylic acids is 1. The second-order valence-corrected chi connectivity index (χ2v) is 10.4. The first kappa shape index (κ1) is 30.9. The van der Waals surface area contributed by atoms with Crippen LogP contribution in [0.2, 0.25) is 0 Å². The Hall–Kier alpha value is -4.07. The summed E-state index contributed by atoms with van der Waals surface area (Å²) in [5.41, 5.74) is 3.17. The summed E-state index contributed by atoms with van der Waals surface area (Å²) in [5, 5.41) is 13.0. The van der Waals surface area contributed by atoms with Gasteiger partial charge in [0.1, 0.15) is 6.10 Å². The predicted molar refractivity (Wildman–Crippen MR) is 167 cm³/mol. The molecule has 1 fully saturated rings. The van der Waals surface area contributed by atoms with Crippen LogP contribution in [0.5, 0.6) is 17.2 Å². The van der Waals surface area contributed by atoms with Gasteiger partial charge in [0.2, 0.25) is 11.7 Å². The van der Waals surface area contributed by atoms with Crippen molar-refractivity contribution in [1.29, 1.82) is 0 Å². The first-order valence-corrected chi connectivity index (χ1v) is 14.6. The van der Waals surface area contributed by atoms with Gasteiger partial charge in [-0.05, 0) is 61.1 Å².